The van der Waals surface area contributed by atoms with E-state index in [-0.39, 0.29) is 0 Å². The fraction of sp³-hybridized carbons (Fsp3) is 0.889. The van der Waals surface area contributed by atoms with E-state index in [0.717, 1.165) is 19.5 Å². The molecule has 4 heteroatoms. The zero-order valence-electron chi connectivity index (χ0n) is 8.07. The van der Waals surface area contributed by atoms with Gasteiger partial charge in [0.05, 0.1) is 0 Å². The number of piperidine rings is 1. The SMILES string of the molecule is CC1CCCN(C[C@H](O)C(N)=O)C1. The van der Waals surface area contributed by atoms with Crippen molar-refractivity contribution in [3.63, 3.8) is 0 Å². The lowest BCUT2D eigenvalue weighted by Crippen LogP contribution is -2.44. The van der Waals surface area contributed by atoms with Crippen molar-refractivity contribution in [2.45, 2.75) is 25.9 Å². The first-order valence-corrected chi connectivity index (χ1v) is 4.79. The predicted molar refractivity (Wildman–Crippen MR) is 50.0 cm³/mol. The second kappa shape index (κ2) is 4.58. The monoisotopic (exact) mass is 186 g/mol. The molecular formula is C9H18N2O2. The lowest BCUT2D eigenvalue weighted by Gasteiger charge is -2.31. The van der Waals surface area contributed by atoms with Gasteiger partial charge in [-0.15, -0.1) is 0 Å². The molecule has 0 aromatic rings. The molecule has 0 radical (unpaired) electrons. The number of hydrogen-bond donors (Lipinski definition) is 2. The van der Waals surface area contributed by atoms with Gasteiger partial charge in [0, 0.05) is 13.1 Å². The number of aliphatic hydroxyl groups is 1. The Morgan fingerprint density at radius 2 is 2.46 bits per heavy atom. The summed E-state index contributed by atoms with van der Waals surface area (Å²) < 4.78 is 0. The van der Waals surface area contributed by atoms with Crippen LogP contribution in [0.25, 0.3) is 0 Å². The second-order valence-corrected chi connectivity index (χ2v) is 3.93. The van der Waals surface area contributed by atoms with E-state index in [2.05, 4.69) is 11.8 Å². The number of aliphatic hydroxyl groups excluding tert-OH is 1. The van der Waals surface area contributed by atoms with Gasteiger partial charge >= 0.3 is 0 Å². The number of carbonyl (C=O) groups is 1. The Balaban J connectivity index is 2.31. The molecule has 0 spiro atoms. The Kier molecular flexibility index (Phi) is 3.69. The summed E-state index contributed by atoms with van der Waals surface area (Å²) in [6.07, 6.45) is 1.38. The van der Waals surface area contributed by atoms with Crippen molar-refractivity contribution in [1.29, 1.82) is 0 Å². The lowest BCUT2D eigenvalue weighted by atomic mass is 10.00. The molecule has 1 fully saturated rings. The molecular weight excluding hydrogens is 168 g/mol. The summed E-state index contributed by atoms with van der Waals surface area (Å²) in [6.45, 7) is 4.50. The van der Waals surface area contributed by atoms with Gasteiger partial charge < -0.3 is 10.8 Å². The third-order valence-corrected chi connectivity index (χ3v) is 2.50. The van der Waals surface area contributed by atoms with Crippen molar-refractivity contribution in [3.8, 4) is 0 Å². The maximum atomic E-state index is 10.6. The van der Waals surface area contributed by atoms with Gasteiger partial charge in [-0.25, -0.2) is 0 Å². The fourth-order valence-electron chi connectivity index (χ4n) is 1.79. The highest BCUT2D eigenvalue weighted by atomic mass is 16.3. The largest absolute Gasteiger partial charge is 0.382 e. The van der Waals surface area contributed by atoms with Crippen LogP contribution in [0.1, 0.15) is 19.8 Å². The van der Waals surface area contributed by atoms with Crippen LogP contribution in [0.3, 0.4) is 0 Å². The molecule has 0 saturated carbocycles. The van der Waals surface area contributed by atoms with E-state index in [1.807, 2.05) is 0 Å². The maximum Gasteiger partial charge on any atom is 0.247 e. The summed E-state index contributed by atoms with van der Waals surface area (Å²) in [6, 6.07) is 0. The van der Waals surface area contributed by atoms with Gasteiger partial charge in [0.15, 0.2) is 0 Å². The first-order valence-electron chi connectivity index (χ1n) is 4.79. The maximum absolute atomic E-state index is 10.6. The van der Waals surface area contributed by atoms with E-state index in [9.17, 15) is 9.90 Å². The van der Waals surface area contributed by atoms with Crippen LogP contribution in [-0.2, 0) is 4.79 Å². The summed E-state index contributed by atoms with van der Waals surface area (Å²) >= 11 is 0. The number of primary amides is 1. The van der Waals surface area contributed by atoms with Crippen LogP contribution < -0.4 is 5.73 Å². The smallest absolute Gasteiger partial charge is 0.247 e. The van der Waals surface area contributed by atoms with Crippen molar-refractivity contribution in [2.24, 2.45) is 11.7 Å². The Hall–Kier alpha value is -0.610. The van der Waals surface area contributed by atoms with Crippen LogP contribution >= 0.6 is 0 Å². The van der Waals surface area contributed by atoms with Crippen LogP contribution in [0.2, 0.25) is 0 Å². The topological polar surface area (TPSA) is 66.6 Å². The number of carbonyl (C=O) groups excluding carboxylic acids is 1. The van der Waals surface area contributed by atoms with Gasteiger partial charge in [-0.05, 0) is 25.3 Å². The Labute approximate surface area is 78.7 Å². The lowest BCUT2D eigenvalue weighted by molar-refractivity contribution is -0.127. The molecule has 0 aromatic carbocycles. The molecule has 1 aliphatic heterocycles. The Bertz CT molecular complexity index is 184. The van der Waals surface area contributed by atoms with Crippen LogP contribution in [-0.4, -0.2) is 41.7 Å². The van der Waals surface area contributed by atoms with Crippen LogP contribution in [0.5, 0.6) is 0 Å². The van der Waals surface area contributed by atoms with E-state index in [1.165, 1.54) is 6.42 Å². The zero-order valence-corrected chi connectivity index (χ0v) is 8.07. The van der Waals surface area contributed by atoms with Crippen molar-refractivity contribution >= 4 is 5.91 Å². The van der Waals surface area contributed by atoms with Crippen molar-refractivity contribution in [2.75, 3.05) is 19.6 Å². The third kappa shape index (κ3) is 3.32. The minimum absolute atomic E-state index is 0.389. The number of amides is 1. The summed E-state index contributed by atoms with van der Waals surface area (Å²) in [7, 11) is 0. The number of nitrogens with two attached hydrogens (primary N) is 1. The van der Waals surface area contributed by atoms with Gasteiger partial charge in [0.1, 0.15) is 6.10 Å². The molecule has 0 bridgehead atoms. The minimum atomic E-state index is -1.01. The van der Waals surface area contributed by atoms with Gasteiger partial charge in [-0.2, -0.15) is 0 Å². The average molecular weight is 186 g/mol. The Morgan fingerprint density at radius 3 is 3.00 bits per heavy atom. The fourth-order valence-corrected chi connectivity index (χ4v) is 1.79. The molecule has 2 atom stereocenters. The third-order valence-electron chi connectivity index (χ3n) is 2.50. The van der Waals surface area contributed by atoms with Gasteiger partial charge in [-0.3, -0.25) is 9.69 Å². The molecule has 0 aromatic heterocycles. The normalized spacial score (nSPS) is 27.1. The van der Waals surface area contributed by atoms with Gasteiger partial charge in [-0.1, -0.05) is 6.92 Å². The molecule has 1 amide bonds. The first kappa shape index (κ1) is 10.5. The van der Waals surface area contributed by atoms with E-state index in [0.29, 0.717) is 12.5 Å². The highest BCUT2D eigenvalue weighted by Crippen LogP contribution is 2.15. The number of hydrogen-bond acceptors (Lipinski definition) is 3. The van der Waals surface area contributed by atoms with Crippen molar-refractivity contribution < 1.29 is 9.90 Å². The molecule has 13 heavy (non-hydrogen) atoms. The van der Waals surface area contributed by atoms with Gasteiger partial charge in [0.2, 0.25) is 5.91 Å². The molecule has 1 rings (SSSR count). The van der Waals surface area contributed by atoms with Crippen LogP contribution in [0.15, 0.2) is 0 Å². The highest BCUT2D eigenvalue weighted by molar-refractivity contribution is 5.78. The quantitative estimate of drug-likeness (QED) is 0.628. The molecule has 1 heterocycles. The van der Waals surface area contributed by atoms with E-state index in [1.54, 1.807) is 0 Å². The molecule has 4 nitrogen and oxygen atoms in total. The first-order chi connectivity index (χ1) is 6.09. The van der Waals surface area contributed by atoms with E-state index >= 15 is 0 Å². The number of likely N-dealkylation sites (tertiary alicyclic amines) is 1. The zero-order chi connectivity index (χ0) is 9.84. The predicted octanol–water partition coefficient (Wildman–Crippen LogP) is -0.435. The van der Waals surface area contributed by atoms with E-state index < -0.39 is 12.0 Å². The second-order valence-electron chi connectivity index (χ2n) is 3.93. The van der Waals surface area contributed by atoms with Crippen LogP contribution in [0, 0.1) is 5.92 Å². The molecule has 76 valence electrons. The summed E-state index contributed by atoms with van der Waals surface area (Å²) in [5, 5.41) is 9.25. The van der Waals surface area contributed by atoms with Crippen molar-refractivity contribution in [1.82, 2.24) is 4.90 Å². The highest BCUT2D eigenvalue weighted by Gasteiger charge is 2.20. The van der Waals surface area contributed by atoms with Gasteiger partial charge in [0.25, 0.3) is 0 Å². The van der Waals surface area contributed by atoms with E-state index in [4.69, 9.17) is 5.73 Å². The minimum Gasteiger partial charge on any atom is -0.382 e. The number of rotatable bonds is 3. The summed E-state index contributed by atoms with van der Waals surface area (Å²) in [4.78, 5) is 12.7. The van der Waals surface area contributed by atoms with Crippen LogP contribution in [0.4, 0.5) is 0 Å². The number of β-amino-alcohol motifs (C(OH)–C–C–N with tert-alkyl or cyclic N) is 1. The molecule has 1 unspecified atom stereocenters. The summed E-state index contributed by atoms with van der Waals surface area (Å²) in [5.74, 6) is 0.0343. The number of nitrogens with zero attached hydrogens (tertiary/aromatic N) is 1. The molecule has 3 N–H and O–H groups in total. The summed E-state index contributed by atoms with van der Waals surface area (Å²) in [5.41, 5.74) is 4.97. The van der Waals surface area contributed by atoms with Crippen molar-refractivity contribution in [3.05, 3.63) is 0 Å². The molecule has 1 aliphatic rings. The molecule has 0 aliphatic carbocycles. The standard InChI is InChI=1S/C9H18N2O2/c1-7-3-2-4-11(5-7)6-8(12)9(10)13/h7-8,12H,2-6H2,1H3,(H2,10,13)/t7?,8-/m0/s1. The molecule has 1 saturated heterocycles. The Morgan fingerprint density at radius 1 is 1.77 bits per heavy atom. The average Bonchev–Trinajstić information content (AvgIpc) is 2.04.